The number of aryl methyl sites for hydroxylation is 1. The number of benzene rings is 1. The molecule has 1 aromatic carbocycles. The SMILES string of the molecule is O=C(O)CC[C@@H]1CCc2cccc(OCC(=O)O)c2C1=O. The van der Waals surface area contributed by atoms with Crippen LogP contribution in [0, 0.1) is 5.92 Å². The number of fused-ring (bicyclic) bond motifs is 1. The average molecular weight is 292 g/mol. The van der Waals surface area contributed by atoms with Crippen molar-refractivity contribution in [3.05, 3.63) is 29.3 Å². The van der Waals surface area contributed by atoms with E-state index in [1.165, 1.54) is 0 Å². The molecule has 1 atom stereocenters. The standard InChI is InChI=1S/C15H16O6/c16-12(17)7-6-10-5-4-9-2-1-3-11(14(9)15(10)20)21-8-13(18)19/h1-3,10H,4-8H2,(H,16,17)(H,18,19)/t10-/m0/s1. The molecular weight excluding hydrogens is 276 g/mol. The Balaban J connectivity index is 2.21. The summed E-state index contributed by atoms with van der Waals surface area (Å²) in [6.07, 6.45) is 1.52. The lowest BCUT2D eigenvalue weighted by atomic mass is 9.80. The van der Waals surface area contributed by atoms with E-state index in [1.54, 1.807) is 12.1 Å². The zero-order chi connectivity index (χ0) is 15.4. The molecule has 2 rings (SSSR count). The van der Waals surface area contributed by atoms with Crippen molar-refractivity contribution in [1.29, 1.82) is 0 Å². The smallest absolute Gasteiger partial charge is 0.341 e. The molecule has 0 spiro atoms. The van der Waals surface area contributed by atoms with Crippen LogP contribution in [0.5, 0.6) is 5.75 Å². The molecule has 0 aliphatic heterocycles. The second kappa shape index (κ2) is 6.39. The summed E-state index contributed by atoms with van der Waals surface area (Å²) in [5.41, 5.74) is 1.23. The summed E-state index contributed by atoms with van der Waals surface area (Å²) in [4.78, 5) is 33.7. The molecule has 0 radical (unpaired) electrons. The molecule has 6 nitrogen and oxygen atoms in total. The largest absolute Gasteiger partial charge is 0.481 e. The Bertz CT molecular complexity index is 578. The molecule has 1 aliphatic rings. The summed E-state index contributed by atoms with van der Waals surface area (Å²) in [7, 11) is 0. The summed E-state index contributed by atoms with van der Waals surface area (Å²) in [5, 5.41) is 17.4. The molecule has 21 heavy (non-hydrogen) atoms. The highest BCUT2D eigenvalue weighted by atomic mass is 16.5. The quantitative estimate of drug-likeness (QED) is 0.828. The number of carboxylic acid groups (broad SMARTS) is 2. The summed E-state index contributed by atoms with van der Waals surface area (Å²) in [6, 6.07) is 5.11. The van der Waals surface area contributed by atoms with Crippen LogP contribution in [-0.4, -0.2) is 34.5 Å². The Kier molecular flexibility index (Phi) is 4.57. The minimum absolute atomic E-state index is 0.0517. The number of carbonyl (C=O) groups excluding carboxylic acids is 1. The van der Waals surface area contributed by atoms with Crippen molar-refractivity contribution in [2.24, 2.45) is 5.92 Å². The molecule has 1 aromatic rings. The second-order valence-electron chi connectivity index (χ2n) is 5.00. The molecule has 0 heterocycles. The van der Waals surface area contributed by atoms with Crippen molar-refractivity contribution < 1.29 is 29.3 Å². The van der Waals surface area contributed by atoms with Crippen LogP contribution < -0.4 is 4.74 Å². The van der Waals surface area contributed by atoms with Crippen molar-refractivity contribution in [2.45, 2.75) is 25.7 Å². The van der Waals surface area contributed by atoms with Crippen LogP contribution in [-0.2, 0) is 16.0 Å². The molecule has 0 bridgehead atoms. The molecule has 0 aromatic heterocycles. The fourth-order valence-corrected chi connectivity index (χ4v) is 2.56. The van der Waals surface area contributed by atoms with E-state index < -0.39 is 18.5 Å². The number of carboxylic acids is 2. The third kappa shape index (κ3) is 3.59. The predicted molar refractivity (Wildman–Crippen MR) is 72.6 cm³/mol. The van der Waals surface area contributed by atoms with Crippen LogP contribution in [0.3, 0.4) is 0 Å². The molecule has 0 fully saturated rings. The highest BCUT2D eigenvalue weighted by Gasteiger charge is 2.30. The van der Waals surface area contributed by atoms with Crippen LogP contribution in [0.4, 0.5) is 0 Å². The van der Waals surface area contributed by atoms with Crippen LogP contribution in [0.25, 0.3) is 0 Å². The maximum atomic E-state index is 12.5. The predicted octanol–water partition coefficient (Wildman–Crippen LogP) is 1.76. The van der Waals surface area contributed by atoms with Gasteiger partial charge in [-0.2, -0.15) is 0 Å². The van der Waals surface area contributed by atoms with Crippen molar-refractivity contribution in [3.8, 4) is 5.75 Å². The minimum Gasteiger partial charge on any atom is -0.481 e. The minimum atomic E-state index is -1.11. The molecule has 1 aliphatic carbocycles. The van der Waals surface area contributed by atoms with Gasteiger partial charge in [0.15, 0.2) is 12.4 Å². The van der Waals surface area contributed by atoms with Gasteiger partial charge in [-0.25, -0.2) is 4.79 Å². The number of carbonyl (C=O) groups is 3. The first kappa shape index (κ1) is 15.0. The number of ketones is 1. The molecule has 2 N–H and O–H groups in total. The second-order valence-corrected chi connectivity index (χ2v) is 5.00. The number of rotatable bonds is 6. The molecule has 0 unspecified atom stereocenters. The monoisotopic (exact) mass is 292 g/mol. The number of hydrogen-bond donors (Lipinski definition) is 2. The van der Waals surface area contributed by atoms with Gasteiger partial charge >= 0.3 is 11.9 Å². The van der Waals surface area contributed by atoms with Crippen LogP contribution in [0.1, 0.15) is 35.2 Å². The van der Waals surface area contributed by atoms with E-state index in [9.17, 15) is 14.4 Å². The summed E-state index contributed by atoms with van der Waals surface area (Å²) in [6.45, 7) is -0.510. The Morgan fingerprint density at radius 1 is 1.24 bits per heavy atom. The number of ether oxygens (including phenoxy) is 1. The van der Waals surface area contributed by atoms with Gasteiger partial charge in [-0.05, 0) is 30.9 Å². The van der Waals surface area contributed by atoms with Gasteiger partial charge in [-0.3, -0.25) is 9.59 Å². The fourth-order valence-electron chi connectivity index (χ4n) is 2.56. The van der Waals surface area contributed by atoms with Gasteiger partial charge in [0.1, 0.15) is 5.75 Å². The van der Waals surface area contributed by atoms with Gasteiger partial charge in [0, 0.05) is 12.3 Å². The van der Waals surface area contributed by atoms with Crippen molar-refractivity contribution in [2.75, 3.05) is 6.61 Å². The van der Waals surface area contributed by atoms with Crippen molar-refractivity contribution in [1.82, 2.24) is 0 Å². The maximum Gasteiger partial charge on any atom is 0.341 e. The molecule has 0 saturated carbocycles. The van der Waals surface area contributed by atoms with E-state index in [-0.39, 0.29) is 23.9 Å². The van der Waals surface area contributed by atoms with E-state index in [2.05, 4.69) is 0 Å². The lowest BCUT2D eigenvalue weighted by molar-refractivity contribution is -0.139. The van der Waals surface area contributed by atoms with Crippen molar-refractivity contribution >= 4 is 17.7 Å². The van der Waals surface area contributed by atoms with Gasteiger partial charge < -0.3 is 14.9 Å². The summed E-state index contributed by atoms with van der Waals surface area (Å²) >= 11 is 0. The summed E-state index contributed by atoms with van der Waals surface area (Å²) < 4.78 is 5.17. The van der Waals surface area contributed by atoms with E-state index in [1.807, 2.05) is 6.07 Å². The van der Waals surface area contributed by atoms with E-state index in [4.69, 9.17) is 14.9 Å². The van der Waals surface area contributed by atoms with Crippen molar-refractivity contribution in [3.63, 3.8) is 0 Å². The average Bonchev–Trinajstić information content (AvgIpc) is 2.44. The third-order valence-electron chi connectivity index (χ3n) is 3.55. The highest BCUT2D eigenvalue weighted by molar-refractivity contribution is 6.02. The first-order valence-electron chi connectivity index (χ1n) is 6.71. The normalized spacial score (nSPS) is 17.1. The first-order chi connectivity index (χ1) is 9.99. The fraction of sp³-hybridized carbons (Fsp3) is 0.400. The number of hydrogen-bond acceptors (Lipinski definition) is 4. The van der Waals surface area contributed by atoms with Crippen LogP contribution >= 0.6 is 0 Å². The molecule has 0 amide bonds. The Labute approximate surface area is 121 Å². The van der Waals surface area contributed by atoms with Gasteiger partial charge in [-0.15, -0.1) is 0 Å². The van der Waals surface area contributed by atoms with Gasteiger partial charge in [0.2, 0.25) is 0 Å². The lowest BCUT2D eigenvalue weighted by Gasteiger charge is -2.24. The maximum absolute atomic E-state index is 12.5. The van der Waals surface area contributed by atoms with Gasteiger partial charge in [0.05, 0.1) is 5.56 Å². The molecule has 0 saturated heterocycles. The highest BCUT2D eigenvalue weighted by Crippen LogP contribution is 2.34. The number of Topliss-reactive ketones (excluding diaryl/α,β-unsaturated/α-hetero) is 1. The van der Waals surface area contributed by atoms with Crippen LogP contribution in [0.2, 0.25) is 0 Å². The third-order valence-corrected chi connectivity index (χ3v) is 3.55. The van der Waals surface area contributed by atoms with E-state index in [0.29, 0.717) is 24.8 Å². The first-order valence-corrected chi connectivity index (χ1v) is 6.71. The van der Waals surface area contributed by atoms with E-state index >= 15 is 0 Å². The molecule has 6 heteroatoms. The zero-order valence-electron chi connectivity index (χ0n) is 11.4. The Morgan fingerprint density at radius 2 is 2.00 bits per heavy atom. The Morgan fingerprint density at radius 3 is 2.67 bits per heavy atom. The molecule has 112 valence electrons. The van der Waals surface area contributed by atoms with Gasteiger partial charge in [0.25, 0.3) is 0 Å². The zero-order valence-corrected chi connectivity index (χ0v) is 11.4. The molecular formula is C15H16O6. The van der Waals surface area contributed by atoms with Gasteiger partial charge in [-0.1, -0.05) is 12.1 Å². The topological polar surface area (TPSA) is 101 Å². The Hall–Kier alpha value is -2.37. The summed E-state index contributed by atoms with van der Waals surface area (Å²) in [5.74, 6) is -2.27. The lowest BCUT2D eigenvalue weighted by Crippen LogP contribution is -2.24. The number of aliphatic carboxylic acids is 2. The van der Waals surface area contributed by atoms with Crippen LogP contribution in [0.15, 0.2) is 18.2 Å². The van der Waals surface area contributed by atoms with E-state index in [0.717, 1.165) is 5.56 Å².